The first-order valence-corrected chi connectivity index (χ1v) is 17.1. The number of carbonyl (C=O) groups is 4. The Morgan fingerprint density at radius 1 is 0.980 bits per heavy atom. The molecule has 4 amide bonds. The fourth-order valence-corrected chi connectivity index (χ4v) is 6.68. The normalized spacial score (nSPS) is 21.5. The van der Waals surface area contributed by atoms with E-state index in [1.165, 1.54) is 0 Å². The average Bonchev–Trinajstić information content (AvgIpc) is 3.06. The SMILES string of the molecule is CC(C)(C)NC(=O)C1CC2CCCCC2ON1CC(O)C(Cc1ccccc1)NC(=O)C(CC(N)=O)NC(=O)c1ccc2ccccc2n1. The topological polar surface area (TPSA) is 176 Å². The highest BCUT2D eigenvalue weighted by atomic mass is 16.7. The van der Waals surface area contributed by atoms with Crippen molar-refractivity contribution in [1.29, 1.82) is 0 Å². The van der Waals surface area contributed by atoms with Crippen LogP contribution in [0.25, 0.3) is 10.9 Å². The lowest BCUT2D eigenvalue weighted by Gasteiger charge is -2.46. The number of hydrogen-bond donors (Lipinski definition) is 5. The van der Waals surface area contributed by atoms with E-state index in [9.17, 15) is 24.3 Å². The minimum Gasteiger partial charge on any atom is -0.390 e. The molecular formula is C37H48N6O6. The predicted octanol–water partition coefficient (Wildman–Crippen LogP) is 2.78. The van der Waals surface area contributed by atoms with Gasteiger partial charge in [0.15, 0.2) is 0 Å². The Bertz CT molecular complexity index is 1630. The van der Waals surface area contributed by atoms with Crippen LogP contribution in [0.1, 0.15) is 75.3 Å². The molecule has 12 nitrogen and oxygen atoms in total. The van der Waals surface area contributed by atoms with Crippen molar-refractivity contribution in [1.82, 2.24) is 26.0 Å². The van der Waals surface area contributed by atoms with Gasteiger partial charge in [-0.1, -0.05) is 67.4 Å². The van der Waals surface area contributed by atoms with Crippen LogP contribution in [0.2, 0.25) is 0 Å². The number of hydrogen-bond acceptors (Lipinski definition) is 8. The van der Waals surface area contributed by atoms with Crippen molar-refractivity contribution in [3.63, 3.8) is 0 Å². The molecule has 49 heavy (non-hydrogen) atoms. The van der Waals surface area contributed by atoms with Crippen molar-refractivity contribution in [2.75, 3.05) is 6.54 Å². The minimum atomic E-state index is -1.33. The number of nitrogens with one attached hydrogen (secondary N) is 3. The molecule has 2 fully saturated rings. The standard InChI is InChI=1S/C37H48N6O6/c1-37(2,3)42-36(48)30-20-25-14-8-10-16-32(25)49-43(30)22-31(44)28(19-23-11-5-4-6-12-23)40-35(47)29(21-33(38)45)41-34(46)27-18-17-24-13-7-9-15-26(24)39-27/h4-7,9,11-13,15,17-18,25,28-32,44H,8,10,14,16,19-22H2,1-3H3,(H2,38,45)(H,40,47)(H,41,46)(H,42,48). The van der Waals surface area contributed by atoms with Gasteiger partial charge in [-0.3, -0.25) is 24.0 Å². The van der Waals surface area contributed by atoms with Crippen molar-refractivity contribution in [2.45, 2.75) is 102 Å². The summed E-state index contributed by atoms with van der Waals surface area (Å²) in [7, 11) is 0. The number of benzene rings is 2. The monoisotopic (exact) mass is 672 g/mol. The van der Waals surface area contributed by atoms with E-state index >= 15 is 0 Å². The van der Waals surface area contributed by atoms with Crippen LogP contribution in [0.15, 0.2) is 66.7 Å². The van der Waals surface area contributed by atoms with Gasteiger partial charge >= 0.3 is 0 Å². The Labute approximate surface area is 287 Å². The molecule has 2 aromatic carbocycles. The van der Waals surface area contributed by atoms with Crippen LogP contribution in [0.5, 0.6) is 0 Å². The summed E-state index contributed by atoms with van der Waals surface area (Å²) in [5.41, 5.74) is 6.56. The van der Waals surface area contributed by atoms with E-state index in [0.717, 1.165) is 36.6 Å². The summed E-state index contributed by atoms with van der Waals surface area (Å²) in [4.78, 5) is 63.5. The second kappa shape index (κ2) is 15.9. The summed E-state index contributed by atoms with van der Waals surface area (Å²) in [6.07, 6.45) is 3.09. The zero-order valence-corrected chi connectivity index (χ0v) is 28.4. The van der Waals surface area contributed by atoms with Crippen molar-refractivity contribution in [3.05, 3.63) is 78.0 Å². The second-order valence-electron chi connectivity index (χ2n) is 14.2. The number of nitrogens with two attached hydrogens (primary N) is 1. The van der Waals surface area contributed by atoms with Crippen molar-refractivity contribution >= 4 is 34.5 Å². The van der Waals surface area contributed by atoms with Crippen LogP contribution >= 0.6 is 0 Å². The number of aromatic nitrogens is 1. The van der Waals surface area contributed by atoms with Crippen molar-refractivity contribution < 1.29 is 29.1 Å². The molecule has 1 aliphatic carbocycles. The fraction of sp³-hybridized carbons (Fsp3) is 0.486. The van der Waals surface area contributed by atoms with Crippen molar-refractivity contribution in [3.8, 4) is 0 Å². The summed E-state index contributed by atoms with van der Waals surface area (Å²) in [6.45, 7) is 5.69. The van der Waals surface area contributed by atoms with E-state index in [1.807, 2.05) is 63.2 Å². The molecule has 2 aliphatic rings. The number of pyridine rings is 1. The molecule has 6 atom stereocenters. The number of aliphatic hydroxyl groups excluding tert-OH is 1. The maximum absolute atomic E-state index is 13.8. The molecule has 0 bridgehead atoms. The van der Waals surface area contributed by atoms with Gasteiger partial charge in [-0.25, -0.2) is 4.98 Å². The number of aliphatic hydroxyl groups is 1. The Hall–Kier alpha value is -4.39. The maximum Gasteiger partial charge on any atom is 0.270 e. The first kappa shape index (κ1) is 35.9. The third-order valence-corrected chi connectivity index (χ3v) is 9.10. The zero-order valence-electron chi connectivity index (χ0n) is 28.4. The Morgan fingerprint density at radius 3 is 2.43 bits per heavy atom. The van der Waals surface area contributed by atoms with Crippen LogP contribution in [0.4, 0.5) is 0 Å². The molecule has 6 unspecified atom stereocenters. The molecule has 3 aromatic rings. The number of para-hydroxylation sites is 1. The van der Waals surface area contributed by atoms with E-state index < -0.39 is 53.9 Å². The molecule has 0 spiro atoms. The van der Waals surface area contributed by atoms with Crippen LogP contribution < -0.4 is 21.7 Å². The molecule has 1 aromatic heterocycles. The lowest BCUT2D eigenvalue weighted by molar-refractivity contribution is -0.276. The van der Waals surface area contributed by atoms with Gasteiger partial charge in [0.2, 0.25) is 17.7 Å². The van der Waals surface area contributed by atoms with Gasteiger partial charge in [-0.05, 0) is 70.1 Å². The lowest BCUT2D eigenvalue weighted by Crippen LogP contribution is -2.61. The number of primary amides is 1. The number of hydroxylamine groups is 2. The maximum atomic E-state index is 13.8. The van der Waals surface area contributed by atoms with Gasteiger partial charge in [0.1, 0.15) is 17.8 Å². The molecule has 5 rings (SSSR count). The summed E-state index contributed by atoms with van der Waals surface area (Å²) in [6, 6.07) is 17.1. The van der Waals surface area contributed by atoms with E-state index in [4.69, 9.17) is 10.6 Å². The lowest BCUT2D eigenvalue weighted by atomic mass is 9.81. The number of β-amino-alcohol motifs (C(OH)–C–C–N with tert-alkyl or cyclic N) is 1. The molecule has 1 saturated carbocycles. The third kappa shape index (κ3) is 9.84. The molecule has 6 N–H and O–H groups in total. The molecule has 262 valence electrons. The summed E-state index contributed by atoms with van der Waals surface area (Å²) >= 11 is 0. The second-order valence-corrected chi connectivity index (χ2v) is 14.2. The van der Waals surface area contributed by atoms with Gasteiger partial charge in [0, 0.05) is 10.9 Å². The van der Waals surface area contributed by atoms with Crippen LogP contribution in [0, 0.1) is 5.92 Å². The first-order chi connectivity index (χ1) is 23.4. The van der Waals surface area contributed by atoms with Crippen LogP contribution in [-0.2, 0) is 25.6 Å². The van der Waals surface area contributed by atoms with Gasteiger partial charge in [-0.2, -0.15) is 5.06 Å². The molecule has 1 saturated heterocycles. The molecule has 1 aliphatic heterocycles. The summed E-state index contributed by atoms with van der Waals surface area (Å²) < 4.78 is 0. The van der Waals surface area contributed by atoms with Gasteiger partial charge < -0.3 is 26.8 Å². The molecular weight excluding hydrogens is 624 g/mol. The van der Waals surface area contributed by atoms with Gasteiger partial charge in [0.25, 0.3) is 5.91 Å². The molecule has 0 radical (unpaired) electrons. The van der Waals surface area contributed by atoms with Gasteiger partial charge in [-0.15, -0.1) is 0 Å². The number of amides is 4. The van der Waals surface area contributed by atoms with Crippen LogP contribution in [-0.4, -0.2) is 81.2 Å². The Kier molecular flexibility index (Phi) is 11.6. The zero-order chi connectivity index (χ0) is 35.1. The van der Waals surface area contributed by atoms with E-state index in [-0.39, 0.29) is 36.6 Å². The molecule has 2 heterocycles. The third-order valence-electron chi connectivity index (χ3n) is 9.10. The average molecular weight is 673 g/mol. The minimum absolute atomic E-state index is 0.0549. The summed E-state index contributed by atoms with van der Waals surface area (Å²) in [5.74, 6) is -2.07. The quantitative estimate of drug-likeness (QED) is 0.195. The highest BCUT2D eigenvalue weighted by Crippen LogP contribution is 2.36. The Balaban J connectivity index is 1.35. The number of rotatable bonds is 12. The number of fused-ring (bicyclic) bond motifs is 2. The number of nitrogens with zero attached hydrogens (tertiary/aromatic N) is 2. The van der Waals surface area contributed by atoms with E-state index in [1.54, 1.807) is 29.3 Å². The van der Waals surface area contributed by atoms with E-state index in [0.29, 0.717) is 11.9 Å². The van der Waals surface area contributed by atoms with Crippen molar-refractivity contribution in [2.24, 2.45) is 11.7 Å². The predicted molar refractivity (Wildman–Crippen MR) is 185 cm³/mol. The highest BCUT2D eigenvalue weighted by molar-refractivity contribution is 5.99. The van der Waals surface area contributed by atoms with E-state index in [2.05, 4.69) is 20.9 Å². The smallest absolute Gasteiger partial charge is 0.270 e. The number of carbonyl (C=O) groups excluding carboxylic acids is 4. The fourth-order valence-electron chi connectivity index (χ4n) is 6.68. The van der Waals surface area contributed by atoms with Crippen LogP contribution in [0.3, 0.4) is 0 Å². The van der Waals surface area contributed by atoms with Gasteiger partial charge in [0.05, 0.1) is 36.7 Å². The highest BCUT2D eigenvalue weighted by Gasteiger charge is 2.43. The molecule has 12 heteroatoms. The Morgan fingerprint density at radius 2 is 1.69 bits per heavy atom. The summed E-state index contributed by atoms with van der Waals surface area (Å²) in [5, 5.41) is 22.7. The largest absolute Gasteiger partial charge is 0.390 e. The first-order valence-electron chi connectivity index (χ1n) is 17.1.